The SMILES string of the molecule is COc1cn(C(C[C@H](C)OC)C(=O)Cc2ccc(C(N)=O)c(F)c2)c(=O)cc1-c1cc(Cl)ccc1OCC(F)(F)F. The Morgan fingerprint density at radius 2 is 1.73 bits per heavy atom. The van der Waals surface area contributed by atoms with Gasteiger partial charge in [0.15, 0.2) is 12.4 Å². The van der Waals surface area contributed by atoms with E-state index in [0.29, 0.717) is 0 Å². The van der Waals surface area contributed by atoms with Gasteiger partial charge in [-0.25, -0.2) is 4.39 Å². The molecule has 0 aliphatic heterocycles. The highest BCUT2D eigenvalue weighted by molar-refractivity contribution is 6.31. The largest absolute Gasteiger partial charge is 0.495 e. The monoisotopic (exact) mass is 598 g/mol. The van der Waals surface area contributed by atoms with E-state index in [1.54, 1.807) is 6.92 Å². The minimum atomic E-state index is -4.61. The van der Waals surface area contributed by atoms with E-state index in [1.165, 1.54) is 50.7 Å². The van der Waals surface area contributed by atoms with Gasteiger partial charge in [-0.3, -0.25) is 14.4 Å². The van der Waals surface area contributed by atoms with Crippen molar-refractivity contribution in [3.63, 3.8) is 0 Å². The lowest BCUT2D eigenvalue weighted by molar-refractivity contribution is -0.153. The van der Waals surface area contributed by atoms with Crippen molar-refractivity contribution >= 4 is 23.3 Å². The van der Waals surface area contributed by atoms with Crippen LogP contribution in [0.3, 0.4) is 0 Å². The van der Waals surface area contributed by atoms with Gasteiger partial charge in [-0.05, 0) is 42.8 Å². The number of Topliss-reactive ketones (excluding diaryl/α,β-unsaturated/α-hetero) is 1. The van der Waals surface area contributed by atoms with E-state index in [4.69, 9.17) is 31.5 Å². The lowest BCUT2D eigenvalue weighted by Gasteiger charge is -2.23. The number of ketones is 1. The fourth-order valence-electron chi connectivity index (χ4n) is 4.14. The van der Waals surface area contributed by atoms with Crippen molar-refractivity contribution in [1.82, 2.24) is 4.57 Å². The van der Waals surface area contributed by atoms with Gasteiger partial charge >= 0.3 is 6.18 Å². The van der Waals surface area contributed by atoms with Gasteiger partial charge in [-0.2, -0.15) is 13.2 Å². The van der Waals surface area contributed by atoms with Crippen molar-refractivity contribution in [3.8, 4) is 22.6 Å². The van der Waals surface area contributed by atoms with Crippen LogP contribution in [0, 0.1) is 5.82 Å². The van der Waals surface area contributed by atoms with Crippen LogP contribution in [-0.2, 0) is 16.0 Å². The topological polar surface area (TPSA) is 110 Å². The Morgan fingerprint density at radius 3 is 2.32 bits per heavy atom. The smallest absolute Gasteiger partial charge is 0.422 e. The summed E-state index contributed by atoms with van der Waals surface area (Å²) in [6, 6.07) is 7.47. The van der Waals surface area contributed by atoms with Crippen LogP contribution >= 0.6 is 11.6 Å². The molecule has 1 heterocycles. The lowest BCUT2D eigenvalue weighted by atomic mass is 9.97. The maximum Gasteiger partial charge on any atom is 0.422 e. The zero-order valence-electron chi connectivity index (χ0n) is 22.3. The molecule has 0 aliphatic carbocycles. The highest BCUT2D eigenvalue weighted by Crippen LogP contribution is 2.38. The Kier molecular flexibility index (Phi) is 10.2. The first-order valence-electron chi connectivity index (χ1n) is 12.2. The number of rotatable bonds is 12. The third-order valence-electron chi connectivity index (χ3n) is 6.23. The molecule has 2 atom stereocenters. The zero-order chi connectivity index (χ0) is 30.5. The normalized spacial score (nSPS) is 13.0. The highest BCUT2D eigenvalue weighted by Gasteiger charge is 2.30. The van der Waals surface area contributed by atoms with Crippen molar-refractivity contribution in [3.05, 3.63) is 81.0 Å². The molecular weight excluding hydrogens is 572 g/mol. The molecule has 2 aromatic carbocycles. The first kappa shape index (κ1) is 31.6. The molecule has 0 aliphatic rings. The Hall–Kier alpha value is -3.90. The molecule has 0 radical (unpaired) electrons. The summed E-state index contributed by atoms with van der Waals surface area (Å²) in [5.74, 6) is -2.47. The second-order valence-electron chi connectivity index (χ2n) is 9.16. The summed E-state index contributed by atoms with van der Waals surface area (Å²) in [5, 5.41) is 0.169. The molecule has 41 heavy (non-hydrogen) atoms. The Bertz CT molecular complexity index is 1490. The molecule has 0 fully saturated rings. The average molecular weight is 599 g/mol. The number of hydrogen-bond donors (Lipinski definition) is 1. The number of methoxy groups -OCH3 is 2. The molecule has 13 heteroatoms. The first-order valence-corrected chi connectivity index (χ1v) is 12.5. The Morgan fingerprint density at radius 1 is 1.05 bits per heavy atom. The van der Waals surface area contributed by atoms with E-state index >= 15 is 0 Å². The number of halogens is 5. The average Bonchev–Trinajstić information content (AvgIpc) is 2.90. The second-order valence-corrected chi connectivity index (χ2v) is 9.60. The van der Waals surface area contributed by atoms with Crippen LogP contribution < -0.4 is 20.8 Å². The van der Waals surface area contributed by atoms with E-state index in [9.17, 15) is 31.9 Å². The minimum Gasteiger partial charge on any atom is -0.495 e. The summed E-state index contributed by atoms with van der Waals surface area (Å²) < 4.78 is 69.6. The number of pyridine rings is 1. The van der Waals surface area contributed by atoms with Gasteiger partial charge in [0, 0.05) is 42.2 Å². The van der Waals surface area contributed by atoms with Gasteiger partial charge in [0.25, 0.3) is 11.5 Å². The number of ether oxygens (including phenoxy) is 3. The van der Waals surface area contributed by atoms with Crippen LogP contribution in [0.15, 0.2) is 53.5 Å². The lowest BCUT2D eigenvalue weighted by Crippen LogP contribution is -2.33. The van der Waals surface area contributed by atoms with Crippen molar-refractivity contribution in [1.29, 1.82) is 0 Å². The van der Waals surface area contributed by atoms with Gasteiger partial charge < -0.3 is 24.5 Å². The van der Waals surface area contributed by atoms with Gasteiger partial charge in [0.05, 0.1) is 31.0 Å². The van der Waals surface area contributed by atoms with Crippen molar-refractivity contribution < 1.29 is 41.4 Å². The van der Waals surface area contributed by atoms with E-state index < -0.39 is 48.0 Å². The summed E-state index contributed by atoms with van der Waals surface area (Å²) in [7, 11) is 2.71. The molecule has 1 aromatic heterocycles. The van der Waals surface area contributed by atoms with E-state index in [0.717, 1.165) is 16.7 Å². The summed E-state index contributed by atoms with van der Waals surface area (Å²) in [5.41, 5.74) is 4.53. The van der Waals surface area contributed by atoms with Gasteiger partial charge in [0.2, 0.25) is 0 Å². The second kappa shape index (κ2) is 13.2. The minimum absolute atomic E-state index is 0.0449. The number of nitrogens with zero attached hydrogens (tertiary/aromatic N) is 1. The molecule has 0 bridgehead atoms. The third kappa shape index (κ3) is 8.08. The van der Waals surface area contributed by atoms with Crippen molar-refractivity contribution in [2.75, 3.05) is 20.8 Å². The predicted molar refractivity (Wildman–Crippen MR) is 143 cm³/mol. The summed E-state index contributed by atoms with van der Waals surface area (Å²) >= 11 is 6.09. The fraction of sp³-hybridized carbons (Fsp3) is 0.321. The highest BCUT2D eigenvalue weighted by atomic mass is 35.5. The number of amides is 1. The van der Waals surface area contributed by atoms with Crippen molar-refractivity contribution in [2.45, 2.75) is 38.1 Å². The molecule has 1 unspecified atom stereocenters. The molecule has 3 rings (SSSR count). The Labute approximate surface area is 237 Å². The first-order chi connectivity index (χ1) is 19.2. The third-order valence-corrected chi connectivity index (χ3v) is 6.46. The number of benzene rings is 2. The molecule has 1 amide bonds. The molecule has 220 valence electrons. The maximum absolute atomic E-state index is 14.3. The number of primary amides is 1. The molecular formula is C28H27ClF4N2O6. The van der Waals surface area contributed by atoms with Gasteiger partial charge in [-0.15, -0.1) is 0 Å². The van der Waals surface area contributed by atoms with Crippen LogP contribution in [0.4, 0.5) is 17.6 Å². The number of carbonyl (C=O) groups excluding carboxylic acids is 2. The quantitative estimate of drug-likeness (QED) is 0.289. The summed E-state index contributed by atoms with van der Waals surface area (Å²) in [4.78, 5) is 38.2. The summed E-state index contributed by atoms with van der Waals surface area (Å²) in [6.07, 6.45) is -4.08. The molecule has 2 N–H and O–H groups in total. The zero-order valence-corrected chi connectivity index (χ0v) is 23.0. The number of hydrogen-bond acceptors (Lipinski definition) is 6. The molecule has 3 aromatic rings. The maximum atomic E-state index is 14.3. The van der Waals surface area contributed by atoms with Crippen LogP contribution in [0.25, 0.3) is 11.1 Å². The van der Waals surface area contributed by atoms with E-state index in [-0.39, 0.29) is 51.6 Å². The van der Waals surface area contributed by atoms with Crippen molar-refractivity contribution in [2.24, 2.45) is 5.73 Å². The molecule has 0 saturated carbocycles. The predicted octanol–water partition coefficient (Wildman–Crippen LogP) is 5.13. The fourth-order valence-corrected chi connectivity index (χ4v) is 4.31. The van der Waals surface area contributed by atoms with Gasteiger partial charge in [0.1, 0.15) is 17.3 Å². The number of nitrogens with two attached hydrogens (primary N) is 1. The van der Waals surface area contributed by atoms with E-state index in [1.807, 2.05) is 0 Å². The molecule has 0 saturated heterocycles. The Balaban J connectivity index is 2.06. The van der Waals surface area contributed by atoms with Crippen LogP contribution in [0.5, 0.6) is 11.5 Å². The van der Waals surface area contributed by atoms with Crippen LogP contribution in [0.2, 0.25) is 5.02 Å². The van der Waals surface area contributed by atoms with Gasteiger partial charge in [-0.1, -0.05) is 17.7 Å². The molecule has 0 spiro atoms. The standard InChI is InChI=1S/C28H27ClF4N2O6/c1-15(39-2)8-22(23(36)10-16-4-6-18(27(34)38)21(30)9-16)35-13-25(40-3)20(12-26(35)37)19-11-17(29)5-7-24(19)41-14-28(31,32)33/h4-7,9,11-13,15,22H,8,10,14H2,1-3H3,(H2,34,38)/t15-,22?/m0/s1. The number of aromatic nitrogens is 1. The van der Waals surface area contributed by atoms with Crippen LogP contribution in [-0.4, -0.2) is 49.4 Å². The van der Waals surface area contributed by atoms with Crippen LogP contribution in [0.1, 0.15) is 35.3 Å². The number of alkyl halides is 3. The van der Waals surface area contributed by atoms with E-state index in [2.05, 4.69) is 0 Å². The molecule has 8 nitrogen and oxygen atoms in total. The number of carbonyl (C=O) groups is 2. The summed E-state index contributed by atoms with van der Waals surface area (Å²) in [6.45, 7) is 0.113.